The standard InChI is InChI=1S/C32H35N2O/c1-20-15-16-23-22-12-11-13-24(25-18-21(31(2,3)4)19-27(33-25)32(5,6)7)29(22)35-30(23)28(20)26-14-9-10-17-34(26)8/h9-19H,1-8H3/q+1. The first-order valence-corrected chi connectivity index (χ1v) is 12.4. The van der Waals surface area contributed by atoms with Crippen molar-refractivity contribution in [3.63, 3.8) is 0 Å². The molecule has 0 aliphatic rings. The monoisotopic (exact) mass is 463 g/mol. The molecule has 2 aromatic carbocycles. The minimum Gasteiger partial charge on any atom is -0.454 e. The third-order valence-corrected chi connectivity index (χ3v) is 6.92. The Balaban J connectivity index is 1.84. The summed E-state index contributed by atoms with van der Waals surface area (Å²) in [6.45, 7) is 15.6. The molecule has 0 atom stereocenters. The molecule has 0 radical (unpaired) electrons. The lowest BCUT2D eigenvalue weighted by Gasteiger charge is -2.25. The fourth-order valence-electron chi connectivity index (χ4n) is 4.75. The van der Waals surface area contributed by atoms with Crippen molar-refractivity contribution in [1.29, 1.82) is 0 Å². The Bertz CT molecular complexity index is 1540. The van der Waals surface area contributed by atoms with E-state index in [2.05, 4.69) is 127 Å². The van der Waals surface area contributed by atoms with Gasteiger partial charge in [-0.3, -0.25) is 4.98 Å². The van der Waals surface area contributed by atoms with Crippen LogP contribution in [-0.2, 0) is 17.9 Å². The second kappa shape index (κ2) is 8.05. The second-order valence-corrected chi connectivity index (χ2v) is 11.7. The van der Waals surface area contributed by atoms with Gasteiger partial charge in [0.1, 0.15) is 18.2 Å². The normalized spacial score (nSPS) is 12.6. The molecular weight excluding hydrogens is 428 g/mol. The number of aryl methyl sites for hydroxylation is 2. The van der Waals surface area contributed by atoms with Gasteiger partial charge in [-0.1, -0.05) is 65.8 Å². The number of para-hydroxylation sites is 1. The van der Waals surface area contributed by atoms with E-state index in [1.165, 1.54) is 11.1 Å². The highest BCUT2D eigenvalue weighted by Gasteiger charge is 2.25. The summed E-state index contributed by atoms with van der Waals surface area (Å²) in [5.74, 6) is 0. The first kappa shape index (κ1) is 23.3. The van der Waals surface area contributed by atoms with E-state index in [-0.39, 0.29) is 10.8 Å². The van der Waals surface area contributed by atoms with Crippen molar-refractivity contribution in [2.24, 2.45) is 7.05 Å². The molecule has 3 heteroatoms. The molecule has 0 unspecified atom stereocenters. The lowest BCUT2D eigenvalue weighted by atomic mass is 9.82. The quantitative estimate of drug-likeness (QED) is 0.248. The van der Waals surface area contributed by atoms with Gasteiger partial charge in [0.15, 0.2) is 6.20 Å². The fraction of sp³-hybridized carbons (Fsp3) is 0.312. The van der Waals surface area contributed by atoms with Crippen LogP contribution in [0.15, 0.2) is 71.3 Å². The van der Waals surface area contributed by atoms with Crippen molar-refractivity contribution in [3.05, 3.63) is 83.7 Å². The van der Waals surface area contributed by atoms with Crippen molar-refractivity contribution >= 4 is 21.9 Å². The van der Waals surface area contributed by atoms with Crippen molar-refractivity contribution in [1.82, 2.24) is 4.98 Å². The average molecular weight is 464 g/mol. The van der Waals surface area contributed by atoms with E-state index in [0.29, 0.717) is 0 Å². The molecule has 0 aliphatic carbocycles. The van der Waals surface area contributed by atoms with Crippen LogP contribution in [0.1, 0.15) is 58.4 Å². The molecule has 0 N–H and O–H groups in total. The zero-order chi connectivity index (χ0) is 25.1. The van der Waals surface area contributed by atoms with Crippen LogP contribution >= 0.6 is 0 Å². The van der Waals surface area contributed by atoms with Crippen molar-refractivity contribution in [2.45, 2.75) is 59.3 Å². The Hall–Kier alpha value is -3.46. The molecule has 5 rings (SSSR count). The molecule has 0 bridgehead atoms. The first-order chi connectivity index (χ1) is 16.4. The molecule has 0 spiro atoms. The molecule has 178 valence electrons. The maximum atomic E-state index is 6.76. The van der Waals surface area contributed by atoms with Gasteiger partial charge >= 0.3 is 0 Å². The van der Waals surface area contributed by atoms with Crippen LogP contribution in [0.2, 0.25) is 0 Å². The van der Waals surface area contributed by atoms with E-state index < -0.39 is 0 Å². The predicted molar refractivity (Wildman–Crippen MR) is 146 cm³/mol. The number of benzene rings is 2. The van der Waals surface area contributed by atoms with Crippen LogP contribution in [0, 0.1) is 6.92 Å². The van der Waals surface area contributed by atoms with Crippen LogP contribution in [-0.4, -0.2) is 4.98 Å². The zero-order valence-corrected chi connectivity index (χ0v) is 22.2. The summed E-state index contributed by atoms with van der Waals surface area (Å²) in [4.78, 5) is 5.16. The van der Waals surface area contributed by atoms with Gasteiger partial charge in [-0.15, -0.1) is 0 Å². The molecule has 3 nitrogen and oxygen atoms in total. The van der Waals surface area contributed by atoms with Gasteiger partial charge in [0, 0.05) is 39.6 Å². The maximum Gasteiger partial charge on any atom is 0.216 e. The van der Waals surface area contributed by atoms with Crippen LogP contribution in [0.25, 0.3) is 44.5 Å². The summed E-state index contributed by atoms with van der Waals surface area (Å²) < 4.78 is 8.91. The van der Waals surface area contributed by atoms with Gasteiger partial charge in [-0.05, 0) is 47.7 Å². The minimum absolute atomic E-state index is 0.0196. The Kier molecular flexibility index (Phi) is 5.36. The van der Waals surface area contributed by atoms with Crippen LogP contribution in [0.5, 0.6) is 0 Å². The van der Waals surface area contributed by atoms with Gasteiger partial charge in [-0.25, -0.2) is 4.57 Å². The van der Waals surface area contributed by atoms with Crippen molar-refractivity contribution in [2.75, 3.05) is 0 Å². The summed E-state index contributed by atoms with van der Waals surface area (Å²) in [5.41, 5.74) is 9.65. The molecule has 5 aromatic rings. The van der Waals surface area contributed by atoms with E-state index in [9.17, 15) is 0 Å². The van der Waals surface area contributed by atoms with E-state index in [4.69, 9.17) is 9.40 Å². The highest BCUT2D eigenvalue weighted by Crippen LogP contribution is 2.41. The van der Waals surface area contributed by atoms with Crippen molar-refractivity contribution < 1.29 is 8.98 Å². The number of hydrogen-bond donors (Lipinski definition) is 0. The number of hydrogen-bond acceptors (Lipinski definition) is 2. The number of furan rings is 1. The molecular formula is C32H35N2O+. The van der Waals surface area contributed by atoms with Gasteiger partial charge in [0.25, 0.3) is 0 Å². The Labute approximate surface area is 208 Å². The number of aromatic nitrogens is 2. The largest absolute Gasteiger partial charge is 0.454 e. The maximum absolute atomic E-state index is 6.76. The summed E-state index contributed by atoms with van der Waals surface area (Å²) in [7, 11) is 2.08. The lowest BCUT2D eigenvalue weighted by Crippen LogP contribution is -2.30. The van der Waals surface area contributed by atoms with Gasteiger partial charge < -0.3 is 4.42 Å². The summed E-state index contributed by atoms with van der Waals surface area (Å²) in [6, 6.07) is 21.6. The molecule has 0 saturated carbocycles. The molecule has 3 aromatic heterocycles. The topological polar surface area (TPSA) is 29.9 Å². The molecule has 35 heavy (non-hydrogen) atoms. The van der Waals surface area contributed by atoms with E-state index in [1.54, 1.807) is 0 Å². The highest BCUT2D eigenvalue weighted by atomic mass is 16.3. The highest BCUT2D eigenvalue weighted by molar-refractivity contribution is 6.13. The van der Waals surface area contributed by atoms with E-state index in [1.807, 2.05) is 0 Å². The van der Waals surface area contributed by atoms with Crippen molar-refractivity contribution in [3.8, 4) is 22.5 Å². The third kappa shape index (κ3) is 4.03. The third-order valence-electron chi connectivity index (χ3n) is 6.92. The number of rotatable bonds is 2. The number of pyridine rings is 2. The Morgan fingerprint density at radius 3 is 2.20 bits per heavy atom. The molecule has 0 amide bonds. The fourth-order valence-corrected chi connectivity index (χ4v) is 4.75. The summed E-state index contributed by atoms with van der Waals surface area (Å²) >= 11 is 0. The number of nitrogens with zero attached hydrogens (tertiary/aromatic N) is 2. The summed E-state index contributed by atoms with van der Waals surface area (Å²) in [5, 5.41) is 2.26. The van der Waals surface area contributed by atoms with E-state index in [0.717, 1.165) is 50.1 Å². The molecule has 0 fully saturated rings. The van der Waals surface area contributed by atoms with Gasteiger partial charge in [0.05, 0.1) is 11.3 Å². The van der Waals surface area contributed by atoms with E-state index >= 15 is 0 Å². The van der Waals surface area contributed by atoms with Gasteiger partial charge in [-0.2, -0.15) is 0 Å². The number of fused-ring (bicyclic) bond motifs is 3. The van der Waals surface area contributed by atoms with Crippen LogP contribution in [0.3, 0.4) is 0 Å². The smallest absolute Gasteiger partial charge is 0.216 e. The molecule has 3 heterocycles. The SMILES string of the molecule is Cc1ccc2c(oc3c(-c4cc(C(C)(C)C)cc(C(C)(C)C)n4)cccc32)c1-c1cccc[n+]1C. The second-order valence-electron chi connectivity index (χ2n) is 11.7. The molecule has 0 saturated heterocycles. The van der Waals surface area contributed by atoms with Gasteiger partial charge in [0.2, 0.25) is 5.69 Å². The first-order valence-electron chi connectivity index (χ1n) is 12.4. The molecule has 0 aliphatic heterocycles. The average Bonchev–Trinajstić information content (AvgIpc) is 3.17. The minimum atomic E-state index is -0.0515. The Morgan fingerprint density at radius 2 is 1.51 bits per heavy atom. The zero-order valence-electron chi connectivity index (χ0n) is 22.2. The summed E-state index contributed by atoms with van der Waals surface area (Å²) in [6.07, 6.45) is 2.08. The van der Waals surface area contributed by atoms with Crippen LogP contribution < -0.4 is 4.57 Å². The predicted octanol–water partition coefficient (Wildman–Crippen LogP) is 8.04. The Morgan fingerprint density at radius 1 is 0.771 bits per heavy atom. The van der Waals surface area contributed by atoms with Crippen LogP contribution in [0.4, 0.5) is 0 Å². The lowest BCUT2D eigenvalue weighted by molar-refractivity contribution is -0.660.